The Balaban J connectivity index is 1.88. The predicted molar refractivity (Wildman–Crippen MR) is 120 cm³/mol. The summed E-state index contributed by atoms with van der Waals surface area (Å²) in [5.41, 5.74) is 2.09. The van der Waals surface area contributed by atoms with Gasteiger partial charge in [0.1, 0.15) is 0 Å². The first-order valence-corrected chi connectivity index (χ1v) is 11.7. The summed E-state index contributed by atoms with van der Waals surface area (Å²) in [5.74, 6) is -0.663. The van der Waals surface area contributed by atoms with Crippen LogP contribution in [0.4, 0.5) is 5.69 Å². The monoisotopic (exact) mass is 447 g/mol. The van der Waals surface area contributed by atoms with Crippen molar-refractivity contribution in [1.29, 1.82) is 5.26 Å². The highest BCUT2D eigenvalue weighted by molar-refractivity contribution is 7.90. The highest BCUT2D eigenvalue weighted by Crippen LogP contribution is 2.31. The van der Waals surface area contributed by atoms with Gasteiger partial charge in [-0.25, -0.2) is 13.1 Å². The third-order valence-corrected chi connectivity index (χ3v) is 6.79. The van der Waals surface area contributed by atoms with Crippen LogP contribution >= 0.6 is 11.6 Å². The molecule has 1 amide bonds. The van der Waals surface area contributed by atoms with E-state index >= 15 is 0 Å². The molecule has 0 saturated heterocycles. The van der Waals surface area contributed by atoms with Crippen LogP contribution in [0.3, 0.4) is 0 Å². The zero-order valence-corrected chi connectivity index (χ0v) is 18.6. The first-order chi connectivity index (χ1) is 14.2. The third-order valence-electron chi connectivity index (χ3n) is 4.61. The number of anilines is 1. The van der Waals surface area contributed by atoms with Gasteiger partial charge in [0.25, 0.3) is 0 Å². The molecule has 6 nitrogen and oxygen atoms in total. The predicted octanol–water partition coefficient (Wildman–Crippen LogP) is 4.43. The topological polar surface area (TPSA) is 99.1 Å². The molecular weight excluding hydrogens is 422 g/mol. The number of carbonyl (C=O) groups excluding carboxylic acids is 1. The summed E-state index contributed by atoms with van der Waals surface area (Å²) in [6, 6.07) is 16.8. The van der Waals surface area contributed by atoms with E-state index < -0.39 is 21.2 Å². The van der Waals surface area contributed by atoms with Crippen molar-refractivity contribution < 1.29 is 13.2 Å². The molecule has 0 aliphatic heterocycles. The minimum absolute atomic E-state index is 0.176. The minimum atomic E-state index is -3.27. The molecule has 160 valence electrons. The van der Waals surface area contributed by atoms with Gasteiger partial charge in [0, 0.05) is 23.7 Å². The summed E-state index contributed by atoms with van der Waals surface area (Å²) in [6.45, 7) is 3.54. The van der Waals surface area contributed by atoms with E-state index in [0.717, 1.165) is 5.56 Å². The molecule has 0 heterocycles. The number of carbonyl (C=O) groups is 1. The van der Waals surface area contributed by atoms with Crippen molar-refractivity contribution in [2.45, 2.75) is 44.3 Å². The summed E-state index contributed by atoms with van der Waals surface area (Å²) in [6.07, 6.45) is 1.40. The zero-order chi connectivity index (χ0) is 22.1. The van der Waals surface area contributed by atoms with Crippen LogP contribution in [0.5, 0.6) is 0 Å². The van der Waals surface area contributed by atoms with Gasteiger partial charge in [-0.15, -0.1) is 0 Å². The van der Waals surface area contributed by atoms with Gasteiger partial charge >= 0.3 is 0 Å². The molecule has 2 rings (SSSR count). The lowest BCUT2D eigenvalue weighted by Gasteiger charge is -2.13. The van der Waals surface area contributed by atoms with Gasteiger partial charge in [0.15, 0.2) is 0 Å². The van der Waals surface area contributed by atoms with E-state index in [1.54, 1.807) is 32.0 Å². The fourth-order valence-electron chi connectivity index (χ4n) is 2.82. The number of hydrogen-bond acceptors (Lipinski definition) is 4. The van der Waals surface area contributed by atoms with Gasteiger partial charge < -0.3 is 5.32 Å². The van der Waals surface area contributed by atoms with Crippen molar-refractivity contribution in [1.82, 2.24) is 4.72 Å². The number of unbranched alkanes of at least 4 members (excludes halogenated alkanes) is 1. The molecule has 30 heavy (non-hydrogen) atoms. The van der Waals surface area contributed by atoms with Crippen LogP contribution < -0.4 is 10.0 Å². The molecule has 0 aliphatic rings. The molecule has 0 aromatic heterocycles. The van der Waals surface area contributed by atoms with Crippen molar-refractivity contribution in [3.8, 4) is 6.07 Å². The molecule has 0 radical (unpaired) electrons. The molecule has 0 saturated carbocycles. The Kier molecular flexibility index (Phi) is 8.85. The van der Waals surface area contributed by atoms with Crippen molar-refractivity contribution in [2.75, 3.05) is 11.9 Å². The number of sulfonamides is 1. The molecule has 2 aromatic carbocycles. The van der Waals surface area contributed by atoms with Crippen molar-refractivity contribution >= 4 is 33.2 Å². The lowest BCUT2D eigenvalue weighted by molar-refractivity contribution is -0.116. The van der Waals surface area contributed by atoms with Crippen LogP contribution in [0.25, 0.3) is 0 Å². The van der Waals surface area contributed by atoms with Gasteiger partial charge in [-0.3, -0.25) is 4.79 Å². The number of nitrogens with one attached hydrogen (secondary N) is 2. The van der Waals surface area contributed by atoms with Crippen molar-refractivity contribution in [3.05, 3.63) is 64.7 Å². The molecule has 1 atom stereocenters. The number of amides is 1. The average Bonchev–Trinajstić information content (AvgIpc) is 2.70. The average molecular weight is 448 g/mol. The Hall–Kier alpha value is -2.40. The Morgan fingerprint density at radius 2 is 1.83 bits per heavy atom. The molecule has 0 spiro atoms. The summed E-state index contributed by atoms with van der Waals surface area (Å²) >= 11 is 6.38. The largest absolute Gasteiger partial charge is 0.326 e. The van der Waals surface area contributed by atoms with Crippen molar-refractivity contribution in [2.24, 2.45) is 0 Å². The van der Waals surface area contributed by atoms with E-state index in [0.29, 0.717) is 35.7 Å². The lowest BCUT2D eigenvalue weighted by Crippen LogP contribution is -2.31. The quantitative estimate of drug-likeness (QED) is 0.526. The molecule has 0 fully saturated rings. The zero-order valence-electron chi connectivity index (χ0n) is 17.1. The fourth-order valence-corrected chi connectivity index (χ4v) is 3.88. The molecule has 0 bridgehead atoms. The summed E-state index contributed by atoms with van der Waals surface area (Å²) in [4.78, 5) is 12.1. The van der Waals surface area contributed by atoms with E-state index in [1.165, 1.54) is 0 Å². The third kappa shape index (κ3) is 6.84. The molecule has 1 unspecified atom stereocenters. The number of nitriles is 1. The van der Waals surface area contributed by atoms with Gasteiger partial charge in [-0.05, 0) is 49.9 Å². The van der Waals surface area contributed by atoms with Crippen LogP contribution in [-0.4, -0.2) is 26.1 Å². The summed E-state index contributed by atoms with van der Waals surface area (Å²) < 4.78 is 25.9. The van der Waals surface area contributed by atoms with E-state index in [4.69, 9.17) is 11.6 Å². The maximum Gasteiger partial charge on any atom is 0.224 e. The van der Waals surface area contributed by atoms with E-state index in [2.05, 4.69) is 16.1 Å². The highest BCUT2D eigenvalue weighted by atomic mass is 35.5. The molecule has 2 N–H and O–H groups in total. The van der Waals surface area contributed by atoms with Crippen LogP contribution in [0.1, 0.15) is 50.2 Å². The Morgan fingerprint density at radius 3 is 2.43 bits per heavy atom. The van der Waals surface area contributed by atoms with E-state index in [1.807, 2.05) is 30.3 Å². The molecular formula is C22H26ClN3O3S. The Bertz CT molecular complexity index is 1000. The molecule has 8 heteroatoms. The first-order valence-electron chi connectivity index (χ1n) is 9.77. The number of hydrogen-bond donors (Lipinski definition) is 2. The van der Waals surface area contributed by atoms with Crippen LogP contribution in [0, 0.1) is 11.3 Å². The van der Waals surface area contributed by atoms with Crippen LogP contribution in [0.2, 0.25) is 5.02 Å². The normalized spacial score (nSPS) is 12.4. The Labute approximate surface area is 183 Å². The van der Waals surface area contributed by atoms with Crippen molar-refractivity contribution in [3.63, 3.8) is 0 Å². The summed E-state index contributed by atoms with van der Waals surface area (Å²) in [5, 5.41) is 12.3. The second-order valence-corrected chi connectivity index (χ2v) is 9.93. The highest BCUT2D eigenvalue weighted by Gasteiger charge is 2.17. The second kappa shape index (κ2) is 11.1. The SMILES string of the molecule is CC(C)S(=O)(=O)NCCCCC(=O)Nc1ccc(C(C#N)c2ccccc2)c(Cl)c1. The lowest BCUT2D eigenvalue weighted by atomic mass is 9.92. The maximum atomic E-state index is 12.1. The molecule has 0 aliphatic carbocycles. The number of nitrogens with zero attached hydrogens (tertiary/aromatic N) is 1. The number of rotatable bonds is 10. The van der Waals surface area contributed by atoms with Gasteiger partial charge in [0.2, 0.25) is 15.9 Å². The second-order valence-electron chi connectivity index (χ2n) is 7.20. The summed E-state index contributed by atoms with van der Waals surface area (Å²) in [7, 11) is -3.27. The smallest absolute Gasteiger partial charge is 0.224 e. The standard InChI is InChI=1S/C22H26ClN3O3S/c1-16(2)30(28,29)25-13-7-6-10-22(27)26-18-11-12-19(21(23)14-18)20(15-24)17-8-4-3-5-9-17/h3-5,8-9,11-12,14,16,20,25H,6-7,10,13H2,1-2H3,(H,26,27). The number of benzene rings is 2. The maximum absolute atomic E-state index is 12.1. The van der Waals surface area contributed by atoms with Gasteiger partial charge in [-0.1, -0.05) is 48.0 Å². The van der Waals surface area contributed by atoms with Gasteiger partial charge in [0.05, 0.1) is 17.2 Å². The molecule has 2 aromatic rings. The first kappa shape index (κ1) is 23.9. The Morgan fingerprint density at radius 1 is 1.13 bits per heavy atom. The van der Waals surface area contributed by atoms with E-state index in [9.17, 15) is 18.5 Å². The fraction of sp³-hybridized carbons (Fsp3) is 0.364. The van der Waals surface area contributed by atoms with Crippen LogP contribution in [0.15, 0.2) is 48.5 Å². The van der Waals surface area contributed by atoms with Crippen LogP contribution in [-0.2, 0) is 14.8 Å². The van der Waals surface area contributed by atoms with E-state index in [-0.39, 0.29) is 12.3 Å². The number of halogens is 1. The van der Waals surface area contributed by atoms with Gasteiger partial charge in [-0.2, -0.15) is 5.26 Å². The minimum Gasteiger partial charge on any atom is -0.326 e.